The van der Waals surface area contributed by atoms with Crippen molar-refractivity contribution in [2.24, 2.45) is 11.8 Å². The number of alkyl halides is 1. The lowest BCUT2D eigenvalue weighted by Gasteiger charge is -2.25. The van der Waals surface area contributed by atoms with Crippen LogP contribution in [-0.4, -0.2) is 23.7 Å². The topological polar surface area (TPSA) is 18.5 Å². The Kier molecular flexibility index (Phi) is 3.68. The second-order valence-corrected chi connectivity index (χ2v) is 6.69. The summed E-state index contributed by atoms with van der Waals surface area (Å²) in [6.45, 7) is 2.11. The van der Waals surface area contributed by atoms with E-state index in [0.717, 1.165) is 23.1 Å². The second kappa shape index (κ2) is 5.16. The van der Waals surface area contributed by atoms with Gasteiger partial charge in [0.25, 0.3) is 0 Å². The van der Waals surface area contributed by atoms with E-state index < -0.39 is 0 Å². The fourth-order valence-electron chi connectivity index (χ4n) is 3.50. The number of allylic oxidation sites excluding steroid dienone is 3. The molecular formula is C15H16BrClO2. The fourth-order valence-corrected chi connectivity index (χ4v) is 4.25. The molecular weight excluding hydrogens is 328 g/mol. The molecule has 3 fully saturated rings. The normalized spacial score (nSPS) is 43.4. The van der Waals surface area contributed by atoms with Crippen LogP contribution in [0.1, 0.15) is 19.8 Å². The molecule has 3 aliphatic rings. The monoisotopic (exact) mass is 342 g/mol. The van der Waals surface area contributed by atoms with Crippen LogP contribution in [0.25, 0.3) is 0 Å². The van der Waals surface area contributed by atoms with Crippen molar-refractivity contribution < 1.29 is 9.47 Å². The highest BCUT2D eigenvalue weighted by Gasteiger charge is 2.63. The smallest absolute Gasteiger partial charge is 0.128 e. The molecule has 102 valence electrons. The van der Waals surface area contributed by atoms with E-state index in [1.165, 1.54) is 0 Å². The molecule has 4 heteroatoms. The maximum Gasteiger partial charge on any atom is 0.128 e. The molecule has 2 nitrogen and oxygen atoms in total. The van der Waals surface area contributed by atoms with Gasteiger partial charge in [0.1, 0.15) is 18.0 Å². The Balaban J connectivity index is 1.91. The third-order valence-corrected chi connectivity index (χ3v) is 5.65. The molecule has 6 atom stereocenters. The number of hydrogen-bond acceptors (Lipinski definition) is 2. The highest BCUT2D eigenvalue weighted by molar-refractivity contribution is 9.11. The molecule has 0 aromatic rings. The molecule has 3 rings (SSSR count). The standard InChI is InChI=1S/C15H16BrClO2/c1-3-5-6-9(17)12-10-7-11-15(18-10)13(12)14(19-11)8(16)4-2/h1,5-6,9-13,15H,4,7H2,2H3/b6-5-,14-8-/t9-,10+,11+,12-,13+,15-/m0/s1. The van der Waals surface area contributed by atoms with Crippen molar-refractivity contribution in [1.82, 2.24) is 0 Å². The molecule has 2 bridgehead atoms. The lowest BCUT2D eigenvalue weighted by Crippen LogP contribution is -2.34. The first-order valence-corrected chi connectivity index (χ1v) is 7.87. The minimum Gasteiger partial charge on any atom is -0.491 e. The zero-order valence-corrected chi connectivity index (χ0v) is 13.0. The highest BCUT2D eigenvalue weighted by atomic mass is 79.9. The van der Waals surface area contributed by atoms with Crippen LogP contribution in [0.4, 0.5) is 0 Å². The summed E-state index contributed by atoms with van der Waals surface area (Å²) in [6.07, 6.45) is 11.3. The first-order valence-electron chi connectivity index (χ1n) is 6.64. The summed E-state index contributed by atoms with van der Waals surface area (Å²) in [5.74, 6) is 4.06. The van der Waals surface area contributed by atoms with Crippen LogP contribution in [0.5, 0.6) is 0 Å². The van der Waals surface area contributed by atoms with Gasteiger partial charge >= 0.3 is 0 Å². The van der Waals surface area contributed by atoms with Crippen LogP contribution in [0, 0.1) is 24.2 Å². The number of halogens is 2. The molecule has 0 aromatic heterocycles. The Morgan fingerprint density at radius 1 is 1.63 bits per heavy atom. The Morgan fingerprint density at radius 3 is 3.11 bits per heavy atom. The molecule has 3 heterocycles. The zero-order valence-electron chi connectivity index (χ0n) is 10.7. The van der Waals surface area contributed by atoms with Crippen LogP contribution in [0.15, 0.2) is 22.4 Å². The molecule has 0 radical (unpaired) electrons. The van der Waals surface area contributed by atoms with Crippen LogP contribution in [-0.2, 0) is 9.47 Å². The molecule has 0 aliphatic carbocycles. The largest absolute Gasteiger partial charge is 0.491 e. The van der Waals surface area contributed by atoms with Gasteiger partial charge in [-0.15, -0.1) is 18.0 Å². The summed E-state index contributed by atoms with van der Waals surface area (Å²) in [5, 5.41) is -0.106. The summed E-state index contributed by atoms with van der Waals surface area (Å²) < 4.78 is 13.2. The quantitative estimate of drug-likeness (QED) is 0.576. The Morgan fingerprint density at radius 2 is 2.42 bits per heavy atom. The zero-order chi connectivity index (χ0) is 13.6. The summed E-state index contributed by atoms with van der Waals surface area (Å²) in [4.78, 5) is 0. The fraction of sp³-hybridized carbons (Fsp3) is 0.600. The summed E-state index contributed by atoms with van der Waals surface area (Å²) in [6, 6.07) is 0. The van der Waals surface area contributed by atoms with Crippen LogP contribution in [0.3, 0.4) is 0 Å². The molecule has 0 N–H and O–H groups in total. The summed E-state index contributed by atoms with van der Waals surface area (Å²) >= 11 is 10.1. The van der Waals surface area contributed by atoms with Gasteiger partial charge in [-0.3, -0.25) is 0 Å². The van der Waals surface area contributed by atoms with Crippen molar-refractivity contribution in [1.29, 1.82) is 0 Å². The Hall–Kier alpha value is -0.430. The summed E-state index contributed by atoms with van der Waals surface area (Å²) in [5.41, 5.74) is 0. The van der Waals surface area contributed by atoms with E-state index in [9.17, 15) is 0 Å². The maximum absolute atomic E-state index is 6.51. The molecule has 0 spiro atoms. The van der Waals surface area contributed by atoms with E-state index in [-0.39, 0.29) is 35.5 Å². The molecule has 0 saturated carbocycles. The van der Waals surface area contributed by atoms with Crippen LogP contribution < -0.4 is 0 Å². The second-order valence-electron chi connectivity index (χ2n) is 5.23. The molecule has 3 aliphatic heterocycles. The van der Waals surface area contributed by atoms with E-state index >= 15 is 0 Å². The van der Waals surface area contributed by atoms with E-state index in [4.69, 9.17) is 27.5 Å². The van der Waals surface area contributed by atoms with Gasteiger partial charge in [0.05, 0.1) is 17.4 Å². The molecule has 0 aromatic carbocycles. The van der Waals surface area contributed by atoms with Crippen molar-refractivity contribution in [2.45, 2.75) is 43.5 Å². The summed E-state index contributed by atoms with van der Waals surface area (Å²) in [7, 11) is 0. The minimum absolute atomic E-state index is 0.106. The van der Waals surface area contributed by atoms with Gasteiger partial charge in [-0.2, -0.15) is 0 Å². The number of fused-ring (bicyclic) bond motifs is 1. The Bertz CT molecular complexity index is 477. The van der Waals surface area contributed by atoms with Gasteiger partial charge in [-0.25, -0.2) is 0 Å². The van der Waals surface area contributed by atoms with Gasteiger partial charge in [-0.05, 0) is 12.5 Å². The third kappa shape index (κ3) is 2.05. The van der Waals surface area contributed by atoms with E-state index in [1.54, 1.807) is 6.08 Å². The van der Waals surface area contributed by atoms with Gasteiger partial charge in [0, 0.05) is 16.8 Å². The van der Waals surface area contributed by atoms with Crippen molar-refractivity contribution >= 4 is 27.5 Å². The number of ether oxygens (including phenoxy) is 2. The third-order valence-electron chi connectivity index (χ3n) is 4.26. The molecule has 0 amide bonds. The minimum atomic E-state index is -0.106. The van der Waals surface area contributed by atoms with Crippen LogP contribution in [0.2, 0.25) is 0 Å². The average Bonchev–Trinajstić information content (AvgIpc) is 3.02. The number of rotatable bonds is 3. The van der Waals surface area contributed by atoms with Gasteiger partial charge < -0.3 is 9.47 Å². The SMILES string of the molecule is C#C/C=C\[C@H](Cl)[C@@H]1[C@@H]2/C(=C(/Br)CC)O[C@@H]3C[C@H]1O[C@H]23. The van der Waals surface area contributed by atoms with Crippen LogP contribution >= 0.6 is 27.5 Å². The van der Waals surface area contributed by atoms with E-state index in [2.05, 4.69) is 28.8 Å². The Labute approximate surface area is 127 Å². The maximum atomic E-state index is 6.51. The lowest BCUT2D eigenvalue weighted by atomic mass is 9.77. The number of hydrogen-bond donors (Lipinski definition) is 0. The van der Waals surface area contributed by atoms with E-state index in [0.29, 0.717) is 0 Å². The first kappa shape index (κ1) is 13.5. The van der Waals surface area contributed by atoms with Gasteiger partial charge in [-0.1, -0.05) is 34.9 Å². The highest BCUT2D eigenvalue weighted by Crippen LogP contribution is 2.56. The molecule has 19 heavy (non-hydrogen) atoms. The first-order chi connectivity index (χ1) is 9.17. The molecule has 0 unspecified atom stereocenters. The predicted molar refractivity (Wildman–Crippen MR) is 79.0 cm³/mol. The number of terminal acetylenes is 1. The molecule has 3 saturated heterocycles. The average molecular weight is 344 g/mol. The van der Waals surface area contributed by atoms with Gasteiger partial charge in [0.2, 0.25) is 0 Å². The van der Waals surface area contributed by atoms with Crippen molar-refractivity contribution in [3.63, 3.8) is 0 Å². The van der Waals surface area contributed by atoms with Crippen molar-refractivity contribution in [3.8, 4) is 12.3 Å². The van der Waals surface area contributed by atoms with Crippen molar-refractivity contribution in [2.75, 3.05) is 0 Å². The van der Waals surface area contributed by atoms with E-state index in [1.807, 2.05) is 6.08 Å². The van der Waals surface area contributed by atoms with Gasteiger partial charge in [0.15, 0.2) is 0 Å². The lowest BCUT2D eigenvalue weighted by molar-refractivity contribution is 0.0690. The van der Waals surface area contributed by atoms with Crippen molar-refractivity contribution in [3.05, 3.63) is 22.4 Å². The predicted octanol–water partition coefficient (Wildman–Crippen LogP) is 3.60.